The Hall–Kier alpha value is -0.730. The third kappa shape index (κ3) is 6.54. The molecule has 0 saturated heterocycles. The Kier molecular flexibility index (Phi) is 7.06. The summed E-state index contributed by atoms with van der Waals surface area (Å²) in [6.45, 7) is 8.55. The lowest BCUT2D eigenvalue weighted by Crippen LogP contribution is -2.13. The van der Waals surface area contributed by atoms with Crippen LogP contribution in [0.15, 0.2) is 40.8 Å². The van der Waals surface area contributed by atoms with Gasteiger partial charge < -0.3 is 5.32 Å². The van der Waals surface area contributed by atoms with Gasteiger partial charge in [-0.3, -0.25) is 0 Å². The molecule has 0 heterocycles. The van der Waals surface area contributed by atoms with Crippen molar-refractivity contribution in [2.75, 3.05) is 12.3 Å². The Morgan fingerprint density at radius 2 is 1.94 bits per heavy atom. The van der Waals surface area contributed by atoms with Crippen LogP contribution in [0.25, 0.3) is 0 Å². The van der Waals surface area contributed by atoms with Crippen molar-refractivity contribution in [3.8, 4) is 0 Å². The maximum atomic E-state index is 3.41. The van der Waals surface area contributed by atoms with E-state index < -0.39 is 0 Å². The van der Waals surface area contributed by atoms with E-state index in [0.717, 1.165) is 18.8 Å². The molecule has 1 N–H and O–H groups in total. The van der Waals surface area contributed by atoms with Crippen molar-refractivity contribution >= 4 is 11.8 Å². The van der Waals surface area contributed by atoms with Crippen molar-refractivity contribution < 1.29 is 0 Å². The minimum atomic E-state index is 0.979. The highest BCUT2D eigenvalue weighted by molar-refractivity contribution is 7.99. The second-order valence-corrected chi connectivity index (χ2v) is 5.51. The highest BCUT2D eigenvalue weighted by Crippen LogP contribution is 2.18. The maximum absolute atomic E-state index is 3.41. The van der Waals surface area contributed by atoms with Gasteiger partial charge in [-0.2, -0.15) is 0 Å². The monoisotopic (exact) mass is 249 g/mol. The van der Waals surface area contributed by atoms with Crippen molar-refractivity contribution in [3.05, 3.63) is 41.5 Å². The maximum Gasteiger partial charge on any atom is 0.0205 e. The Morgan fingerprint density at radius 1 is 1.24 bits per heavy atom. The van der Waals surface area contributed by atoms with Crippen molar-refractivity contribution in [1.29, 1.82) is 0 Å². The van der Waals surface area contributed by atoms with E-state index in [-0.39, 0.29) is 0 Å². The van der Waals surface area contributed by atoms with E-state index >= 15 is 0 Å². The Morgan fingerprint density at radius 3 is 2.53 bits per heavy atom. The smallest absolute Gasteiger partial charge is 0.0205 e. The molecule has 0 aromatic heterocycles. The molecule has 1 aromatic carbocycles. The third-order valence-electron chi connectivity index (χ3n) is 2.42. The van der Waals surface area contributed by atoms with Gasteiger partial charge in [0.2, 0.25) is 0 Å². The summed E-state index contributed by atoms with van der Waals surface area (Å²) < 4.78 is 0. The zero-order valence-corrected chi connectivity index (χ0v) is 11.9. The fraction of sp³-hybridized carbons (Fsp3) is 0.467. The van der Waals surface area contributed by atoms with E-state index in [9.17, 15) is 0 Å². The molecule has 0 unspecified atom stereocenters. The summed E-state index contributed by atoms with van der Waals surface area (Å²) in [5.74, 6) is 1.07. The van der Waals surface area contributed by atoms with Crippen molar-refractivity contribution in [2.24, 2.45) is 0 Å². The Bertz CT molecular complexity index is 336. The highest BCUT2D eigenvalue weighted by Gasteiger charge is 1.94. The number of allylic oxidation sites excluding steroid dienone is 1. The van der Waals surface area contributed by atoms with Gasteiger partial charge in [0.15, 0.2) is 0 Å². The minimum Gasteiger partial charge on any atom is -0.313 e. The summed E-state index contributed by atoms with van der Waals surface area (Å²) in [7, 11) is 0. The first-order valence-electron chi connectivity index (χ1n) is 6.28. The predicted octanol–water partition coefficient (Wildman–Crippen LogP) is 4.24. The van der Waals surface area contributed by atoms with Gasteiger partial charge in [0.25, 0.3) is 0 Å². The zero-order valence-electron chi connectivity index (χ0n) is 11.1. The second kappa shape index (κ2) is 8.37. The van der Waals surface area contributed by atoms with Crippen molar-refractivity contribution in [1.82, 2.24) is 5.32 Å². The van der Waals surface area contributed by atoms with Gasteiger partial charge in [0, 0.05) is 17.2 Å². The molecule has 0 amide bonds. The lowest BCUT2D eigenvalue weighted by atomic mass is 10.2. The molecule has 94 valence electrons. The van der Waals surface area contributed by atoms with E-state index in [4.69, 9.17) is 0 Å². The van der Waals surface area contributed by atoms with Crippen LogP contribution >= 0.6 is 11.8 Å². The molecule has 1 rings (SSSR count). The molecule has 0 spiro atoms. The first-order chi connectivity index (χ1) is 8.22. The number of hydrogen-bond donors (Lipinski definition) is 1. The van der Waals surface area contributed by atoms with E-state index in [1.807, 2.05) is 11.8 Å². The van der Waals surface area contributed by atoms with Crippen LogP contribution in [0.3, 0.4) is 0 Å². The second-order valence-electron chi connectivity index (χ2n) is 4.41. The van der Waals surface area contributed by atoms with Crippen LogP contribution in [-0.4, -0.2) is 12.3 Å². The summed E-state index contributed by atoms with van der Waals surface area (Å²) >= 11 is 1.89. The molecule has 0 aliphatic heterocycles. The molecule has 0 atom stereocenters. The van der Waals surface area contributed by atoms with Gasteiger partial charge in [-0.15, -0.1) is 11.8 Å². The van der Waals surface area contributed by atoms with Gasteiger partial charge in [-0.25, -0.2) is 0 Å². The number of nitrogens with one attached hydrogen (secondary N) is 1. The number of thioether (sulfide) groups is 1. The zero-order chi connectivity index (χ0) is 12.5. The van der Waals surface area contributed by atoms with Crippen LogP contribution < -0.4 is 5.32 Å². The van der Waals surface area contributed by atoms with Gasteiger partial charge in [-0.1, -0.05) is 30.7 Å². The lowest BCUT2D eigenvalue weighted by molar-refractivity contribution is 0.675. The number of rotatable bonds is 7. The normalized spacial score (nSPS) is 10.3. The molecule has 0 bridgehead atoms. The third-order valence-corrected chi connectivity index (χ3v) is 3.36. The molecule has 0 saturated carbocycles. The van der Waals surface area contributed by atoms with Crippen molar-refractivity contribution in [3.63, 3.8) is 0 Å². The molecule has 0 aliphatic rings. The number of benzene rings is 1. The quantitative estimate of drug-likeness (QED) is 0.440. The Labute approximate surface area is 110 Å². The van der Waals surface area contributed by atoms with Crippen LogP contribution in [0, 0.1) is 0 Å². The number of hydrogen-bond acceptors (Lipinski definition) is 2. The SMILES string of the molecule is CCCNCc1ccc(SCC=C(C)C)cc1. The molecule has 2 heteroatoms. The fourth-order valence-corrected chi connectivity index (χ4v) is 2.36. The first-order valence-corrected chi connectivity index (χ1v) is 7.26. The molecule has 17 heavy (non-hydrogen) atoms. The molecular weight excluding hydrogens is 226 g/mol. The molecule has 0 fully saturated rings. The fourth-order valence-electron chi connectivity index (χ4n) is 1.42. The van der Waals surface area contributed by atoms with Crippen LogP contribution in [0.1, 0.15) is 32.8 Å². The average molecular weight is 249 g/mol. The average Bonchev–Trinajstić information content (AvgIpc) is 2.31. The van der Waals surface area contributed by atoms with Crippen LogP contribution in [0.5, 0.6) is 0 Å². The van der Waals surface area contributed by atoms with Gasteiger partial charge in [-0.05, 0) is 44.5 Å². The highest BCUT2D eigenvalue weighted by atomic mass is 32.2. The summed E-state index contributed by atoms with van der Waals surface area (Å²) in [5, 5.41) is 3.41. The van der Waals surface area contributed by atoms with E-state index in [1.165, 1.54) is 22.5 Å². The topological polar surface area (TPSA) is 12.0 Å². The molecule has 0 aliphatic carbocycles. The molecule has 1 aromatic rings. The van der Waals surface area contributed by atoms with Gasteiger partial charge in [0.05, 0.1) is 0 Å². The molecule has 0 radical (unpaired) electrons. The first kappa shape index (κ1) is 14.3. The van der Waals surface area contributed by atoms with E-state index in [2.05, 4.69) is 56.4 Å². The molecular formula is C15H23NS. The van der Waals surface area contributed by atoms with Crippen LogP contribution in [0.4, 0.5) is 0 Å². The summed E-state index contributed by atoms with van der Waals surface area (Å²) in [4.78, 5) is 1.35. The van der Waals surface area contributed by atoms with Gasteiger partial charge in [0.1, 0.15) is 0 Å². The van der Waals surface area contributed by atoms with E-state index in [0.29, 0.717) is 0 Å². The lowest BCUT2D eigenvalue weighted by Gasteiger charge is -2.04. The summed E-state index contributed by atoms with van der Waals surface area (Å²) in [6.07, 6.45) is 3.46. The summed E-state index contributed by atoms with van der Waals surface area (Å²) in [5.41, 5.74) is 2.75. The minimum absolute atomic E-state index is 0.979. The van der Waals surface area contributed by atoms with Gasteiger partial charge >= 0.3 is 0 Å². The predicted molar refractivity (Wildman–Crippen MR) is 78.6 cm³/mol. The largest absolute Gasteiger partial charge is 0.313 e. The van der Waals surface area contributed by atoms with E-state index in [1.54, 1.807) is 0 Å². The van der Waals surface area contributed by atoms with Crippen LogP contribution in [-0.2, 0) is 6.54 Å². The summed E-state index contributed by atoms with van der Waals surface area (Å²) in [6, 6.07) is 8.86. The Balaban J connectivity index is 2.36. The van der Waals surface area contributed by atoms with Crippen LogP contribution in [0.2, 0.25) is 0 Å². The molecule has 1 nitrogen and oxygen atoms in total. The standard InChI is InChI=1S/C15H23NS/c1-4-10-16-12-14-5-7-15(8-6-14)17-11-9-13(2)3/h5-9,16H,4,10-12H2,1-3H3. The van der Waals surface area contributed by atoms with Crippen molar-refractivity contribution in [2.45, 2.75) is 38.6 Å².